The second-order valence-electron chi connectivity index (χ2n) is 7.11. The lowest BCUT2D eigenvalue weighted by atomic mass is 9.73. The number of ketones is 1. The molecule has 20 heavy (non-hydrogen) atoms. The standard InChI is InChI=1S/C15H24N2O3/c1-10-7-5-6-8-15(10)12(19)17(13(20)16-15)9-11(18)14(2,3)4/h10H,5-9H2,1-4H3,(H,16,20)/t10-,15-/m1/s1. The van der Waals surface area contributed by atoms with Crippen molar-refractivity contribution in [2.75, 3.05) is 6.54 Å². The molecule has 1 aliphatic carbocycles. The highest BCUT2D eigenvalue weighted by molar-refractivity contribution is 6.09. The van der Waals surface area contributed by atoms with Crippen molar-refractivity contribution in [1.29, 1.82) is 0 Å². The minimum Gasteiger partial charge on any atom is -0.323 e. The fourth-order valence-electron chi connectivity index (χ4n) is 3.02. The highest BCUT2D eigenvalue weighted by Gasteiger charge is 2.55. The van der Waals surface area contributed by atoms with Crippen LogP contribution in [-0.2, 0) is 9.59 Å². The highest BCUT2D eigenvalue weighted by Crippen LogP contribution is 2.38. The van der Waals surface area contributed by atoms with E-state index in [1.807, 2.05) is 6.92 Å². The Morgan fingerprint density at radius 1 is 1.35 bits per heavy atom. The molecule has 0 aromatic heterocycles. The molecular weight excluding hydrogens is 256 g/mol. The Labute approximate surface area is 120 Å². The Morgan fingerprint density at radius 2 is 2.00 bits per heavy atom. The molecule has 2 aliphatic rings. The molecule has 1 saturated carbocycles. The third-order valence-corrected chi connectivity index (χ3v) is 4.64. The lowest BCUT2D eigenvalue weighted by molar-refractivity contribution is -0.138. The first-order valence-corrected chi connectivity index (χ1v) is 7.36. The van der Waals surface area contributed by atoms with Gasteiger partial charge in [-0.25, -0.2) is 4.79 Å². The zero-order chi connectivity index (χ0) is 15.1. The van der Waals surface area contributed by atoms with E-state index in [0.29, 0.717) is 6.42 Å². The van der Waals surface area contributed by atoms with Crippen LogP contribution in [0.4, 0.5) is 4.79 Å². The summed E-state index contributed by atoms with van der Waals surface area (Å²) in [5, 5.41) is 2.86. The minimum atomic E-state index is -0.770. The SMILES string of the molecule is C[C@@H]1CCCC[C@@]12NC(=O)N(CC(=O)C(C)(C)C)C2=O. The van der Waals surface area contributed by atoms with E-state index in [4.69, 9.17) is 0 Å². The van der Waals surface area contributed by atoms with E-state index < -0.39 is 17.0 Å². The van der Waals surface area contributed by atoms with Crippen molar-refractivity contribution in [2.45, 2.75) is 58.9 Å². The molecule has 3 amide bonds. The summed E-state index contributed by atoms with van der Waals surface area (Å²) >= 11 is 0. The van der Waals surface area contributed by atoms with Crippen molar-refractivity contribution in [3.05, 3.63) is 0 Å². The molecule has 0 unspecified atom stereocenters. The number of nitrogens with zero attached hydrogens (tertiary/aromatic N) is 1. The molecule has 2 atom stereocenters. The average molecular weight is 280 g/mol. The van der Waals surface area contributed by atoms with Gasteiger partial charge in [0.15, 0.2) is 5.78 Å². The summed E-state index contributed by atoms with van der Waals surface area (Å²) in [4.78, 5) is 38.0. The number of nitrogens with one attached hydrogen (secondary N) is 1. The molecule has 0 radical (unpaired) electrons. The molecule has 1 spiro atoms. The van der Waals surface area contributed by atoms with Gasteiger partial charge in [0.1, 0.15) is 5.54 Å². The van der Waals surface area contributed by atoms with Gasteiger partial charge in [-0.3, -0.25) is 14.5 Å². The van der Waals surface area contributed by atoms with Gasteiger partial charge in [-0.1, -0.05) is 40.5 Å². The van der Waals surface area contributed by atoms with Crippen LogP contribution >= 0.6 is 0 Å². The monoisotopic (exact) mass is 280 g/mol. The number of hydrogen-bond donors (Lipinski definition) is 1. The second kappa shape index (κ2) is 4.86. The molecule has 0 bridgehead atoms. The summed E-state index contributed by atoms with van der Waals surface area (Å²) in [6.45, 7) is 7.28. The Bertz CT molecular complexity index is 453. The topological polar surface area (TPSA) is 66.5 Å². The van der Waals surface area contributed by atoms with Crippen LogP contribution in [0.5, 0.6) is 0 Å². The average Bonchev–Trinajstić information content (AvgIpc) is 2.57. The summed E-state index contributed by atoms with van der Waals surface area (Å²) in [5.41, 5.74) is -1.32. The number of rotatable bonds is 2. The van der Waals surface area contributed by atoms with Crippen molar-refractivity contribution < 1.29 is 14.4 Å². The number of urea groups is 1. The van der Waals surface area contributed by atoms with E-state index in [-0.39, 0.29) is 24.2 Å². The Hall–Kier alpha value is -1.39. The maximum absolute atomic E-state index is 12.7. The van der Waals surface area contributed by atoms with E-state index >= 15 is 0 Å². The quantitative estimate of drug-likeness (QED) is 0.788. The van der Waals surface area contributed by atoms with Gasteiger partial charge in [-0.15, -0.1) is 0 Å². The fraction of sp³-hybridized carbons (Fsp3) is 0.800. The number of imide groups is 1. The van der Waals surface area contributed by atoms with Crippen molar-refractivity contribution in [1.82, 2.24) is 10.2 Å². The molecule has 5 heteroatoms. The van der Waals surface area contributed by atoms with E-state index in [1.54, 1.807) is 20.8 Å². The van der Waals surface area contributed by atoms with Crippen molar-refractivity contribution in [3.8, 4) is 0 Å². The third kappa shape index (κ3) is 2.34. The fourth-order valence-corrected chi connectivity index (χ4v) is 3.02. The molecule has 112 valence electrons. The normalized spacial score (nSPS) is 30.8. The second-order valence-corrected chi connectivity index (χ2v) is 7.11. The maximum atomic E-state index is 12.7. The summed E-state index contributed by atoms with van der Waals surface area (Å²) in [6.07, 6.45) is 3.65. The van der Waals surface area contributed by atoms with Crippen LogP contribution in [0, 0.1) is 11.3 Å². The lowest BCUT2D eigenvalue weighted by Crippen LogP contribution is -2.54. The van der Waals surface area contributed by atoms with Crippen LogP contribution in [0.15, 0.2) is 0 Å². The molecule has 0 aromatic rings. The Morgan fingerprint density at radius 3 is 2.55 bits per heavy atom. The third-order valence-electron chi connectivity index (χ3n) is 4.64. The number of carbonyl (C=O) groups is 3. The molecule has 1 heterocycles. The molecule has 1 aliphatic heterocycles. The predicted octanol–water partition coefficient (Wildman–Crippen LogP) is 2.10. The summed E-state index contributed by atoms with van der Waals surface area (Å²) < 4.78 is 0. The van der Waals surface area contributed by atoms with Crippen molar-refractivity contribution in [2.24, 2.45) is 11.3 Å². The van der Waals surface area contributed by atoms with Gasteiger partial charge in [-0.2, -0.15) is 0 Å². The van der Waals surface area contributed by atoms with Gasteiger partial charge >= 0.3 is 6.03 Å². The Balaban J connectivity index is 2.19. The molecule has 1 N–H and O–H groups in total. The molecule has 5 nitrogen and oxygen atoms in total. The van der Waals surface area contributed by atoms with Crippen LogP contribution in [0.2, 0.25) is 0 Å². The van der Waals surface area contributed by atoms with Gasteiger partial charge in [0, 0.05) is 5.41 Å². The molecular formula is C15H24N2O3. The number of carbonyl (C=O) groups excluding carboxylic acids is 3. The molecule has 2 fully saturated rings. The summed E-state index contributed by atoms with van der Waals surface area (Å²) in [7, 11) is 0. The van der Waals surface area contributed by atoms with E-state index in [2.05, 4.69) is 5.32 Å². The zero-order valence-corrected chi connectivity index (χ0v) is 12.8. The zero-order valence-electron chi connectivity index (χ0n) is 12.8. The van der Waals surface area contributed by atoms with E-state index in [9.17, 15) is 14.4 Å². The predicted molar refractivity (Wildman–Crippen MR) is 75.1 cm³/mol. The first-order chi connectivity index (χ1) is 9.18. The summed E-state index contributed by atoms with van der Waals surface area (Å²) in [6, 6.07) is -0.415. The molecule has 1 saturated heterocycles. The van der Waals surface area contributed by atoms with Gasteiger partial charge in [0.25, 0.3) is 5.91 Å². The lowest BCUT2D eigenvalue weighted by Gasteiger charge is -2.36. The number of hydrogen-bond acceptors (Lipinski definition) is 3. The largest absolute Gasteiger partial charge is 0.325 e. The van der Waals surface area contributed by atoms with Gasteiger partial charge < -0.3 is 5.32 Å². The van der Waals surface area contributed by atoms with Gasteiger partial charge in [0.05, 0.1) is 6.54 Å². The van der Waals surface area contributed by atoms with Crippen LogP contribution in [0.25, 0.3) is 0 Å². The summed E-state index contributed by atoms with van der Waals surface area (Å²) in [5.74, 6) is -0.184. The highest BCUT2D eigenvalue weighted by atomic mass is 16.2. The smallest absolute Gasteiger partial charge is 0.323 e. The van der Waals surface area contributed by atoms with E-state index in [1.165, 1.54) is 0 Å². The Kier molecular flexibility index (Phi) is 3.65. The molecule has 2 rings (SSSR count). The van der Waals surface area contributed by atoms with E-state index in [0.717, 1.165) is 24.2 Å². The molecule has 0 aromatic carbocycles. The van der Waals surface area contributed by atoms with Crippen LogP contribution in [0.3, 0.4) is 0 Å². The first kappa shape index (κ1) is 15.0. The maximum Gasteiger partial charge on any atom is 0.325 e. The van der Waals surface area contributed by atoms with Crippen molar-refractivity contribution in [3.63, 3.8) is 0 Å². The van der Waals surface area contributed by atoms with Crippen LogP contribution < -0.4 is 5.32 Å². The van der Waals surface area contributed by atoms with Crippen molar-refractivity contribution >= 4 is 17.7 Å². The van der Waals surface area contributed by atoms with Gasteiger partial charge in [0.2, 0.25) is 0 Å². The van der Waals surface area contributed by atoms with Crippen LogP contribution in [0.1, 0.15) is 53.4 Å². The van der Waals surface area contributed by atoms with Gasteiger partial charge in [-0.05, 0) is 18.8 Å². The first-order valence-electron chi connectivity index (χ1n) is 7.36. The minimum absolute atomic E-state index is 0.0958. The van der Waals surface area contributed by atoms with Crippen LogP contribution in [-0.4, -0.2) is 34.7 Å². The number of Topliss-reactive ketones (excluding diaryl/α,β-unsaturated/α-hetero) is 1. The number of amides is 3.